The maximum atomic E-state index is 3.55. The molecule has 0 saturated heterocycles. The van der Waals surface area contributed by atoms with Crippen LogP contribution in [-0.4, -0.2) is 4.57 Å². The molecule has 1 aromatic heterocycles. The first-order chi connectivity index (χ1) is 8.16. The van der Waals surface area contributed by atoms with Crippen LogP contribution in [0.15, 0.2) is 42.6 Å². The Morgan fingerprint density at radius 1 is 1.24 bits per heavy atom. The monoisotopic (exact) mass is 228 g/mol. The van der Waals surface area contributed by atoms with E-state index in [4.69, 9.17) is 0 Å². The zero-order chi connectivity index (χ0) is 12.3. The Kier molecular flexibility index (Phi) is 3.64. The van der Waals surface area contributed by atoms with Crippen LogP contribution in [-0.2, 0) is 13.6 Å². The van der Waals surface area contributed by atoms with Gasteiger partial charge in [0.2, 0.25) is 0 Å². The summed E-state index contributed by atoms with van der Waals surface area (Å²) >= 11 is 0. The molecule has 1 atom stereocenters. The summed E-state index contributed by atoms with van der Waals surface area (Å²) in [6.45, 7) is 5.24. The quantitative estimate of drug-likeness (QED) is 0.850. The lowest BCUT2D eigenvalue weighted by molar-refractivity contribution is 0.557. The molecule has 2 nitrogen and oxygen atoms in total. The van der Waals surface area contributed by atoms with Gasteiger partial charge in [-0.05, 0) is 31.5 Å². The molecule has 17 heavy (non-hydrogen) atoms. The second-order valence-corrected chi connectivity index (χ2v) is 4.63. The first-order valence-corrected chi connectivity index (χ1v) is 6.07. The van der Waals surface area contributed by atoms with E-state index in [-0.39, 0.29) is 0 Å². The van der Waals surface area contributed by atoms with Crippen LogP contribution in [0.4, 0.5) is 0 Å². The first kappa shape index (κ1) is 11.9. The van der Waals surface area contributed by atoms with Gasteiger partial charge < -0.3 is 9.88 Å². The third-order valence-corrected chi connectivity index (χ3v) is 3.18. The Morgan fingerprint density at radius 2 is 2.06 bits per heavy atom. The number of nitrogens with zero attached hydrogens (tertiary/aromatic N) is 1. The number of hydrogen-bond acceptors (Lipinski definition) is 1. The topological polar surface area (TPSA) is 17.0 Å². The van der Waals surface area contributed by atoms with Gasteiger partial charge in [0.25, 0.3) is 0 Å². The molecule has 0 amide bonds. The summed E-state index contributed by atoms with van der Waals surface area (Å²) in [4.78, 5) is 0. The van der Waals surface area contributed by atoms with Gasteiger partial charge in [-0.15, -0.1) is 0 Å². The van der Waals surface area contributed by atoms with Crippen LogP contribution in [0.3, 0.4) is 0 Å². The van der Waals surface area contributed by atoms with Gasteiger partial charge in [0, 0.05) is 31.5 Å². The van der Waals surface area contributed by atoms with Crippen LogP contribution in [0.1, 0.15) is 29.8 Å². The predicted molar refractivity (Wildman–Crippen MR) is 71.8 cm³/mol. The van der Waals surface area contributed by atoms with Gasteiger partial charge in [-0.25, -0.2) is 0 Å². The fraction of sp³-hybridized carbons (Fsp3) is 0.333. The molecule has 90 valence electrons. The number of aromatic nitrogens is 1. The standard InChI is InChI=1S/C15H20N2/c1-12-6-4-7-14(10-12)13(2)16-11-15-8-5-9-17(15)3/h4-10,13,16H,11H2,1-3H3/t13-/m1/s1. The fourth-order valence-corrected chi connectivity index (χ4v) is 2.00. The highest BCUT2D eigenvalue weighted by atomic mass is 15.0. The molecule has 2 rings (SSSR count). The third-order valence-electron chi connectivity index (χ3n) is 3.18. The molecule has 1 aromatic carbocycles. The van der Waals surface area contributed by atoms with Crippen LogP contribution >= 0.6 is 0 Å². The van der Waals surface area contributed by atoms with E-state index in [1.165, 1.54) is 16.8 Å². The minimum absolute atomic E-state index is 0.379. The van der Waals surface area contributed by atoms with Gasteiger partial charge in [0.1, 0.15) is 0 Å². The minimum Gasteiger partial charge on any atom is -0.353 e. The number of benzene rings is 1. The van der Waals surface area contributed by atoms with Crippen LogP contribution in [0.2, 0.25) is 0 Å². The van der Waals surface area contributed by atoms with E-state index in [9.17, 15) is 0 Å². The maximum Gasteiger partial charge on any atom is 0.0364 e. The summed E-state index contributed by atoms with van der Waals surface area (Å²) in [6.07, 6.45) is 2.08. The SMILES string of the molecule is Cc1cccc([C@@H](C)NCc2cccn2C)c1. The van der Waals surface area contributed by atoms with Crippen LogP contribution < -0.4 is 5.32 Å². The summed E-state index contributed by atoms with van der Waals surface area (Å²) in [7, 11) is 2.08. The Bertz CT molecular complexity index is 485. The number of aryl methyl sites for hydroxylation is 2. The van der Waals surface area contributed by atoms with Crippen molar-refractivity contribution in [2.24, 2.45) is 7.05 Å². The van der Waals surface area contributed by atoms with Crippen molar-refractivity contribution in [2.75, 3.05) is 0 Å². The van der Waals surface area contributed by atoms with E-state index in [1.807, 2.05) is 0 Å². The maximum absolute atomic E-state index is 3.55. The van der Waals surface area contributed by atoms with E-state index in [2.05, 4.69) is 73.4 Å². The highest BCUT2D eigenvalue weighted by molar-refractivity contribution is 5.24. The van der Waals surface area contributed by atoms with E-state index in [0.29, 0.717) is 6.04 Å². The molecule has 2 heteroatoms. The highest BCUT2D eigenvalue weighted by Crippen LogP contribution is 2.14. The largest absolute Gasteiger partial charge is 0.353 e. The van der Waals surface area contributed by atoms with Gasteiger partial charge in [-0.2, -0.15) is 0 Å². The van der Waals surface area contributed by atoms with E-state index < -0.39 is 0 Å². The Balaban J connectivity index is 1.98. The normalized spacial score (nSPS) is 12.6. The zero-order valence-electron chi connectivity index (χ0n) is 10.8. The van der Waals surface area contributed by atoms with E-state index in [0.717, 1.165) is 6.54 Å². The van der Waals surface area contributed by atoms with Gasteiger partial charge >= 0.3 is 0 Å². The fourth-order valence-electron chi connectivity index (χ4n) is 2.00. The summed E-state index contributed by atoms with van der Waals surface area (Å²) in [5.74, 6) is 0. The van der Waals surface area contributed by atoms with Crippen molar-refractivity contribution >= 4 is 0 Å². The van der Waals surface area contributed by atoms with Gasteiger partial charge in [0.15, 0.2) is 0 Å². The molecule has 2 aromatic rings. The van der Waals surface area contributed by atoms with Crippen LogP contribution in [0.25, 0.3) is 0 Å². The average molecular weight is 228 g/mol. The second-order valence-electron chi connectivity index (χ2n) is 4.63. The highest BCUT2D eigenvalue weighted by Gasteiger charge is 2.05. The number of nitrogens with one attached hydrogen (secondary N) is 1. The van der Waals surface area contributed by atoms with Crippen molar-refractivity contribution in [3.8, 4) is 0 Å². The summed E-state index contributed by atoms with van der Waals surface area (Å²) in [5.41, 5.74) is 3.97. The predicted octanol–water partition coefficient (Wildman–Crippen LogP) is 3.18. The Morgan fingerprint density at radius 3 is 2.71 bits per heavy atom. The molecule has 1 N–H and O–H groups in total. The van der Waals surface area contributed by atoms with E-state index >= 15 is 0 Å². The lowest BCUT2D eigenvalue weighted by Gasteiger charge is -2.15. The molecule has 0 aliphatic carbocycles. The van der Waals surface area contributed by atoms with Gasteiger partial charge in [-0.3, -0.25) is 0 Å². The third kappa shape index (κ3) is 2.98. The molecular formula is C15H20N2. The Labute approximate surface area is 103 Å². The summed E-state index contributed by atoms with van der Waals surface area (Å²) in [6, 6.07) is 13.3. The van der Waals surface area contributed by atoms with E-state index in [1.54, 1.807) is 0 Å². The van der Waals surface area contributed by atoms with Crippen molar-refractivity contribution in [3.05, 3.63) is 59.4 Å². The van der Waals surface area contributed by atoms with Crippen molar-refractivity contribution in [2.45, 2.75) is 26.4 Å². The molecule has 0 unspecified atom stereocenters. The van der Waals surface area contributed by atoms with Gasteiger partial charge in [0.05, 0.1) is 0 Å². The van der Waals surface area contributed by atoms with Crippen molar-refractivity contribution in [3.63, 3.8) is 0 Å². The molecule has 0 fully saturated rings. The van der Waals surface area contributed by atoms with Crippen molar-refractivity contribution in [1.82, 2.24) is 9.88 Å². The molecule has 0 aliphatic rings. The number of rotatable bonds is 4. The molecule has 0 aliphatic heterocycles. The molecular weight excluding hydrogens is 208 g/mol. The van der Waals surface area contributed by atoms with Crippen LogP contribution in [0.5, 0.6) is 0 Å². The van der Waals surface area contributed by atoms with Gasteiger partial charge in [-0.1, -0.05) is 29.8 Å². The smallest absolute Gasteiger partial charge is 0.0364 e. The molecule has 0 saturated carbocycles. The lowest BCUT2D eigenvalue weighted by atomic mass is 10.1. The second kappa shape index (κ2) is 5.19. The first-order valence-electron chi connectivity index (χ1n) is 6.07. The summed E-state index contributed by atoms with van der Waals surface area (Å²) in [5, 5.41) is 3.55. The van der Waals surface area contributed by atoms with Crippen molar-refractivity contribution in [1.29, 1.82) is 0 Å². The summed E-state index contributed by atoms with van der Waals surface area (Å²) < 4.78 is 2.15. The molecule has 0 radical (unpaired) electrons. The molecule has 0 bridgehead atoms. The Hall–Kier alpha value is -1.54. The number of hydrogen-bond donors (Lipinski definition) is 1. The minimum atomic E-state index is 0.379. The average Bonchev–Trinajstić information content (AvgIpc) is 2.72. The lowest BCUT2D eigenvalue weighted by Crippen LogP contribution is -2.19. The zero-order valence-corrected chi connectivity index (χ0v) is 10.8. The van der Waals surface area contributed by atoms with Crippen LogP contribution in [0, 0.1) is 6.92 Å². The van der Waals surface area contributed by atoms with Crippen molar-refractivity contribution < 1.29 is 0 Å². The molecule has 1 heterocycles. The molecule has 0 spiro atoms.